The summed E-state index contributed by atoms with van der Waals surface area (Å²) in [7, 11) is 1.43. The van der Waals surface area contributed by atoms with Crippen LogP contribution < -0.4 is 5.32 Å². The first-order valence-electron chi connectivity index (χ1n) is 10.9. The van der Waals surface area contributed by atoms with Crippen molar-refractivity contribution in [3.63, 3.8) is 0 Å². The number of hydrogen-bond donors (Lipinski definition) is 1. The fourth-order valence-electron chi connectivity index (χ4n) is 4.38. The average Bonchev–Trinajstić information content (AvgIpc) is 3.18. The van der Waals surface area contributed by atoms with Gasteiger partial charge in [-0.15, -0.1) is 0 Å². The third-order valence-electron chi connectivity index (χ3n) is 6.06. The molecule has 1 saturated heterocycles. The van der Waals surface area contributed by atoms with E-state index in [-0.39, 0.29) is 5.97 Å². The van der Waals surface area contributed by atoms with Gasteiger partial charge < -0.3 is 10.1 Å². The highest BCUT2D eigenvalue weighted by Crippen LogP contribution is 2.26. The minimum Gasteiger partial charge on any atom is -0.465 e. The highest BCUT2D eigenvalue weighted by Gasteiger charge is 2.22. The number of ether oxygens (including phenoxy) is 1. The molecule has 0 spiro atoms. The maximum Gasteiger partial charge on any atom is 0.338 e. The number of fused-ring (bicyclic) bond motifs is 1. The maximum absolute atomic E-state index is 12.3. The van der Waals surface area contributed by atoms with E-state index in [9.17, 15) is 4.79 Å². The van der Waals surface area contributed by atoms with Gasteiger partial charge in [0, 0.05) is 17.4 Å². The first kappa shape index (κ1) is 20.4. The number of rotatable bonds is 5. The molecule has 0 saturated carbocycles. The molecule has 32 heavy (non-hydrogen) atoms. The second-order valence-electron chi connectivity index (χ2n) is 8.59. The van der Waals surface area contributed by atoms with Crippen molar-refractivity contribution in [2.45, 2.75) is 20.3 Å². The van der Waals surface area contributed by atoms with Crippen LogP contribution in [0.1, 0.15) is 27.0 Å². The van der Waals surface area contributed by atoms with Crippen molar-refractivity contribution < 1.29 is 9.53 Å². The SMILES string of the molecule is COC(=O)c1ccc(-n2ccc3ncc(-c4cc(C)cc(C)c4)nc32)cc1CC1CNC1. The van der Waals surface area contributed by atoms with Crippen LogP contribution in [-0.2, 0) is 11.2 Å². The lowest BCUT2D eigenvalue weighted by Crippen LogP contribution is -2.43. The third-order valence-corrected chi connectivity index (χ3v) is 6.06. The number of methoxy groups -OCH3 is 1. The first-order chi connectivity index (χ1) is 15.5. The van der Waals surface area contributed by atoms with Gasteiger partial charge in [-0.1, -0.05) is 17.2 Å². The molecule has 0 unspecified atom stereocenters. The molecule has 6 heteroatoms. The van der Waals surface area contributed by atoms with Gasteiger partial charge in [0.05, 0.1) is 24.6 Å². The van der Waals surface area contributed by atoms with Gasteiger partial charge in [-0.3, -0.25) is 9.55 Å². The Morgan fingerprint density at radius 3 is 2.59 bits per heavy atom. The summed E-state index contributed by atoms with van der Waals surface area (Å²) in [6, 6.07) is 14.3. The van der Waals surface area contributed by atoms with Gasteiger partial charge in [-0.05, 0) is 81.2 Å². The molecular formula is C26H26N4O2. The maximum atomic E-state index is 12.3. The summed E-state index contributed by atoms with van der Waals surface area (Å²) in [6.45, 7) is 6.13. The molecule has 1 fully saturated rings. The zero-order chi connectivity index (χ0) is 22.2. The van der Waals surface area contributed by atoms with E-state index in [1.54, 1.807) is 0 Å². The normalized spacial score (nSPS) is 13.8. The van der Waals surface area contributed by atoms with E-state index in [1.165, 1.54) is 18.2 Å². The molecule has 0 aliphatic carbocycles. The topological polar surface area (TPSA) is 69.0 Å². The Hall–Kier alpha value is -3.51. The Bertz CT molecular complexity index is 1300. The monoisotopic (exact) mass is 426 g/mol. The van der Waals surface area contributed by atoms with Gasteiger partial charge in [0.15, 0.2) is 5.65 Å². The van der Waals surface area contributed by atoms with Crippen LogP contribution in [0.4, 0.5) is 0 Å². The molecule has 0 bridgehead atoms. The molecule has 0 radical (unpaired) electrons. The summed E-state index contributed by atoms with van der Waals surface area (Å²) in [5, 5.41) is 3.30. The summed E-state index contributed by atoms with van der Waals surface area (Å²) in [6.07, 6.45) is 4.65. The lowest BCUT2D eigenvalue weighted by Gasteiger charge is -2.27. The molecule has 2 aromatic carbocycles. The van der Waals surface area contributed by atoms with Crippen LogP contribution in [0.2, 0.25) is 0 Å². The van der Waals surface area contributed by atoms with Crippen LogP contribution in [0.5, 0.6) is 0 Å². The standard InChI is InChI=1S/C26H26N4O2/c1-16-8-17(2)10-20(9-16)24-15-28-23-6-7-30(25(23)29-24)21-4-5-22(26(31)32-3)19(12-21)11-18-13-27-14-18/h4-10,12,15,18,27H,11,13-14H2,1-3H3. The molecule has 5 rings (SSSR count). The minimum atomic E-state index is -0.298. The number of carbonyl (C=O) groups is 1. The van der Waals surface area contributed by atoms with Gasteiger partial charge in [-0.2, -0.15) is 0 Å². The second kappa shape index (κ2) is 8.20. The molecule has 1 N–H and O–H groups in total. The highest BCUT2D eigenvalue weighted by atomic mass is 16.5. The summed E-state index contributed by atoms with van der Waals surface area (Å²) in [5.74, 6) is 0.235. The van der Waals surface area contributed by atoms with E-state index in [4.69, 9.17) is 9.72 Å². The quantitative estimate of drug-likeness (QED) is 0.483. The van der Waals surface area contributed by atoms with E-state index in [2.05, 4.69) is 48.4 Å². The Morgan fingerprint density at radius 1 is 1.12 bits per heavy atom. The second-order valence-corrected chi connectivity index (χ2v) is 8.59. The molecular weight excluding hydrogens is 400 g/mol. The van der Waals surface area contributed by atoms with Crippen LogP contribution in [0.25, 0.3) is 28.1 Å². The number of carbonyl (C=O) groups excluding carboxylic acids is 1. The number of nitrogens with one attached hydrogen (secondary N) is 1. The van der Waals surface area contributed by atoms with Crippen LogP contribution in [0.3, 0.4) is 0 Å². The first-order valence-corrected chi connectivity index (χ1v) is 10.9. The molecule has 3 heterocycles. The Morgan fingerprint density at radius 2 is 1.91 bits per heavy atom. The Balaban J connectivity index is 1.59. The van der Waals surface area contributed by atoms with Crippen molar-refractivity contribution in [1.82, 2.24) is 19.9 Å². The predicted octanol–water partition coefficient (Wildman–Crippen LogP) is 4.25. The zero-order valence-corrected chi connectivity index (χ0v) is 18.6. The van der Waals surface area contributed by atoms with Crippen molar-refractivity contribution in [2.75, 3.05) is 20.2 Å². The van der Waals surface area contributed by atoms with Gasteiger partial charge in [0.2, 0.25) is 0 Å². The Labute approximate surface area is 187 Å². The molecule has 4 aromatic rings. The molecule has 2 aromatic heterocycles. The van der Waals surface area contributed by atoms with E-state index in [0.29, 0.717) is 11.5 Å². The molecule has 162 valence electrons. The zero-order valence-electron chi connectivity index (χ0n) is 18.6. The van der Waals surface area contributed by atoms with Gasteiger partial charge >= 0.3 is 5.97 Å². The lowest BCUT2D eigenvalue weighted by molar-refractivity contribution is 0.0599. The smallest absolute Gasteiger partial charge is 0.338 e. The van der Waals surface area contributed by atoms with Crippen LogP contribution in [0, 0.1) is 19.8 Å². The molecule has 1 aliphatic rings. The van der Waals surface area contributed by atoms with Gasteiger partial charge in [0.1, 0.15) is 5.52 Å². The van der Waals surface area contributed by atoms with Gasteiger partial charge in [-0.25, -0.2) is 9.78 Å². The van der Waals surface area contributed by atoms with E-state index < -0.39 is 0 Å². The fraction of sp³-hybridized carbons (Fsp3) is 0.269. The summed E-state index contributed by atoms with van der Waals surface area (Å²) < 4.78 is 7.05. The fourth-order valence-corrected chi connectivity index (χ4v) is 4.38. The minimum absolute atomic E-state index is 0.298. The van der Waals surface area contributed by atoms with Crippen molar-refractivity contribution in [2.24, 2.45) is 5.92 Å². The third kappa shape index (κ3) is 3.78. The average molecular weight is 427 g/mol. The van der Waals surface area contributed by atoms with Crippen LogP contribution in [0.15, 0.2) is 54.9 Å². The summed E-state index contributed by atoms with van der Waals surface area (Å²) >= 11 is 0. The van der Waals surface area contributed by atoms with Crippen molar-refractivity contribution in [3.8, 4) is 16.9 Å². The lowest BCUT2D eigenvalue weighted by atomic mass is 9.91. The number of nitrogens with zero attached hydrogens (tertiary/aromatic N) is 3. The highest BCUT2D eigenvalue weighted by molar-refractivity contribution is 5.91. The molecule has 0 amide bonds. The largest absolute Gasteiger partial charge is 0.465 e. The number of aryl methyl sites for hydroxylation is 2. The molecule has 1 aliphatic heterocycles. The van der Waals surface area contributed by atoms with Crippen LogP contribution >= 0.6 is 0 Å². The number of aromatic nitrogens is 3. The van der Waals surface area contributed by atoms with Crippen molar-refractivity contribution >= 4 is 17.1 Å². The van der Waals surface area contributed by atoms with Crippen LogP contribution in [-0.4, -0.2) is 40.7 Å². The summed E-state index contributed by atoms with van der Waals surface area (Å²) in [5.41, 5.74) is 8.52. The van der Waals surface area contributed by atoms with E-state index in [0.717, 1.165) is 53.2 Å². The van der Waals surface area contributed by atoms with Gasteiger partial charge in [0.25, 0.3) is 0 Å². The number of benzene rings is 2. The molecule has 0 atom stereocenters. The summed E-state index contributed by atoms with van der Waals surface area (Å²) in [4.78, 5) is 21.9. The number of esters is 1. The molecule has 6 nitrogen and oxygen atoms in total. The number of hydrogen-bond acceptors (Lipinski definition) is 5. The predicted molar refractivity (Wildman–Crippen MR) is 125 cm³/mol. The van der Waals surface area contributed by atoms with E-state index >= 15 is 0 Å². The Kier molecular flexibility index (Phi) is 5.23. The van der Waals surface area contributed by atoms with Crippen molar-refractivity contribution in [3.05, 3.63) is 77.1 Å². The van der Waals surface area contributed by atoms with E-state index in [1.807, 2.05) is 35.2 Å². The van der Waals surface area contributed by atoms with Crippen molar-refractivity contribution in [1.29, 1.82) is 0 Å².